The van der Waals surface area contributed by atoms with E-state index in [1.807, 2.05) is 0 Å². The molecule has 0 radical (unpaired) electrons. The minimum Gasteiger partial charge on any atom is -0.0616 e. The number of fused-ring (bicyclic) bond motifs is 12. The van der Waals surface area contributed by atoms with Gasteiger partial charge >= 0.3 is 0 Å². The fourth-order valence-electron chi connectivity index (χ4n) is 6.17. The quantitative estimate of drug-likeness (QED) is 0.216. The van der Waals surface area contributed by atoms with E-state index in [0.29, 0.717) is 0 Å². The summed E-state index contributed by atoms with van der Waals surface area (Å²) in [6.07, 6.45) is 0. The average Bonchev–Trinajstić information content (AvgIpc) is 2.97. The molecule has 0 aliphatic heterocycles. The first-order valence-corrected chi connectivity index (χ1v) is 12.5. The van der Waals surface area contributed by atoms with Gasteiger partial charge in [-0.2, -0.15) is 0 Å². The topological polar surface area (TPSA) is 0 Å². The molecule has 0 heterocycles. The Bertz CT molecular complexity index is 1920. The molecule has 0 amide bonds. The van der Waals surface area contributed by atoms with Gasteiger partial charge in [-0.05, 0) is 87.9 Å². The van der Waals surface area contributed by atoms with E-state index < -0.39 is 0 Å². The van der Waals surface area contributed by atoms with Crippen LogP contribution in [0.2, 0.25) is 0 Å². The fourth-order valence-corrected chi connectivity index (χ4v) is 6.17. The van der Waals surface area contributed by atoms with Crippen LogP contribution >= 0.6 is 0 Å². The van der Waals surface area contributed by atoms with Crippen LogP contribution < -0.4 is 0 Å². The summed E-state index contributed by atoms with van der Waals surface area (Å²) >= 11 is 0. The van der Waals surface area contributed by atoms with Crippen molar-refractivity contribution in [3.8, 4) is 11.1 Å². The molecule has 0 aliphatic rings. The Morgan fingerprint density at radius 2 is 0.417 bits per heavy atom. The highest BCUT2D eigenvalue weighted by atomic mass is 14.2. The van der Waals surface area contributed by atoms with Crippen LogP contribution in [0.5, 0.6) is 0 Å². The molecule has 0 atom stereocenters. The zero-order chi connectivity index (χ0) is 23.6. The molecule has 166 valence electrons. The van der Waals surface area contributed by atoms with Crippen molar-refractivity contribution < 1.29 is 0 Å². The van der Waals surface area contributed by atoms with Crippen molar-refractivity contribution in [3.63, 3.8) is 0 Å². The van der Waals surface area contributed by atoms with Crippen LogP contribution in [0.4, 0.5) is 0 Å². The Kier molecular flexibility index (Phi) is 4.03. The zero-order valence-electron chi connectivity index (χ0n) is 19.7. The third-order valence-corrected chi connectivity index (χ3v) is 7.82. The lowest BCUT2D eigenvalue weighted by atomic mass is 9.90. The summed E-state index contributed by atoms with van der Waals surface area (Å²) in [4.78, 5) is 0. The smallest absolute Gasteiger partial charge is 0.00928 e. The molecular formula is C36H22. The molecule has 0 N–H and O–H groups in total. The lowest BCUT2D eigenvalue weighted by molar-refractivity contribution is 1.70. The Labute approximate surface area is 209 Å². The molecule has 8 rings (SSSR count). The van der Waals surface area contributed by atoms with Crippen LogP contribution in [-0.2, 0) is 0 Å². The van der Waals surface area contributed by atoms with Crippen molar-refractivity contribution >= 4 is 64.6 Å². The predicted molar refractivity (Wildman–Crippen MR) is 157 cm³/mol. The first kappa shape index (κ1) is 19.6. The van der Waals surface area contributed by atoms with Gasteiger partial charge in [-0.1, -0.05) is 121 Å². The second-order valence-corrected chi connectivity index (χ2v) is 9.70. The van der Waals surface area contributed by atoms with Crippen LogP contribution in [0.1, 0.15) is 0 Å². The van der Waals surface area contributed by atoms with Gasteiger partial charge < -0.3 is 0 Å². The summed E-state index contributed by atoms with van der Waals surface area (Å²) < 4.78 is 0. The first-order chi connectivity index (χ1) is 17.9. The highest BCUT2D eigenvalue weighted by molar-refractivity contribution is 6.27. The van der Waals surface area contributed by atoms with E-state index in [9.17, 15) is 0 Å². The van der Waals surface area contributed by atoms with E-state index in [4.69, 9.17) is 0 Å². The Balaban J connectivity index is 1.45. The van der Waals surface area contributed by atoms with Crippen LogP contribution in [0.3, 0.4) is 0 Å². The van der Waals surface area contributed by atoms with Crippen LogP contribution in [0, 0.1) is 0 Å². The van der Waals surface area contributed by atoms with E-state index in [1.165, 1.54) is 75.8 Å². The maximum absolute atomic E-state index is 2.38. The van der Waals surface area contributed by atoms with Gasteiger partial charge in [0.25, 0.3) is 0 Å². The van der Waals surface area contributed by atoms with Crippen LogP contribution in [-0.4, -0.2) is 0 Å². The van der Waals surface area contributed by atoms with E-state index in [0.717, 1.165) is 0 Å². The van der Waals surface area contributed by atoms with E-state index in [2.05, 4.69) is 133 Å². The van der Waals surface area contributed by atoms with Crippen molar-refractivity contribution in [2.45, 2.75) is 0 Å². The van der Waals surface area contributed by atoms with Crippen LogP contribution in [0.15, 0.2) is 133 Å². The average molecular weight is 455 g/mol. The normalized spacial score (nSPS) is 11.9. The van der Waals surface area contributed by atoms with Gasteiger partial charge in [0.05, 0.1) is 0 Å². The molecule has 0 fully saturated rings. The predicted octanol–water partition coefficient (Wildman–Crippen LogP) is 10.3. The Hall–Kier alpha value is -4.68. The summed E-state index contributed by atoms with van der Waals surface area (Å²) in [5.41, 5.74) is 2.50. The van der Waals surface area contributed by atoms with E-state index in [1.54, 1.807) is 0 Å². The van der Waals surface area contributed by atoms with Crippen molar-refractivity contribution in [1.82, 2.24) is 0 Å². The zero-order valence-corrected chi connectivity index (χ0v) is 19.7. The number of benzene rings is 8. The summed E-state index contributed by atoms with van der Waals surface area (Å²) in [7, 11) is 0. The molecule has 0 saturated heterocycles. The number of hydrogen-bond acceptors (Lipinski definition) is 0. The molecule has 0 spiro atoms. The molecule has 0 saturated carbocycles. The van der Waals surface area contributed by atoms with Crippen molar-refractivity contribution in [1.29, 1.82) is 0 Å². The monoisotopic (exact) mass is 454 g/mol. The van der Waals surface area contributed by atoms with Crippen molar-refractivity contribution in [3.05, 3.63) is 133 Å². The first-order valence-electron chi connectivity index (χ1n) is 12.5. The largest absolute Gasteiger partial charge is 0.0616 e. The molecule has 8 aromatic carbocycles. The van der Waals surface area contributed by atoms with Crippen LogP contribution in [0.25, 0.3) is 75.8 Å². The third kappa shape index (κ3) is 2.70. The minimum absolute atomic E-state index is 1.25. The summed E-state index contributed by atoms with van der Waals surface area (Å²) in [6.45, 7) is 0. The lowest BCUT2D eigenvalue weighted by Gasteiger charge is -2.14. The Morgan fingerprint density at radius 1 is 0.194 bits per heavy atom. The van der Waals surface area contributed by atoms with Crippen molar-refractivity contribution in [2.75, 3.05) is 0 Å². The molecular weight excluding hydrogens is 432 g/mol. The molecule has 0 aromatic heterocycles. The second kappa shape index (κ2) is 7.41. The molecule has 8 aromatic rings. The molecule has 36 heavy (non-hydrogen) atoms. The Morgan fingerprint density at radius 3 is 0.694 bits per heavy atom. The molecule has 0 bridgehead atoms. The SMILES string of the molecule is c1ccc2c(c1)c1ccccc1c1cc(-c3ccc4c5ccccc5c5ccccc5c4c3)ccc21. The second-order valence-electron chi connectivity index (χ2n) is 9.70. The summed E-state index contributed by atoms with van der Waals surface area (Å²) in [5, 5.41) is 15.8. The molecule has 0 heteroatoms. The van der Waals surface area contributed by atoms with Crippen molar-refractivity contribution in [2.24, 2.45) is 0 Å². The van der Waals surface area contributed by atoms with Gasteiger partial charge in [-0.3, -0.25) is 0 Å². The third-order valence-electron chi connectivity index (χ3n) is 7.82. The molecule has 0 nitrogen and oxygen atoms in total. The van der Waals surface area contributed by atoms with Gasteiger partial charge in [-0.25, -0.2) is 0 Å². The van der Waals surface area contributed by atoms with Gasteiger partial charge in [0.15, 0.2) is 0 Å². The maximum Gasteiger partial charge on any atom is -0.00928 e. The maximum atomic E-state index is 2.38. The number of hydrogen-bond donors (Lipinski definition) is 0. The van der Waals surface area contributed by atoms with Gasteiger partial charge in [0.2, 0.25) is 0 Å². The fraction of sp³-hybridized carbons (Fsp3) is 0. The minimum atomic E-state index is 1.25. The lowest BCUT2D eigenvalue weighted by Crippen LogP contribution is -1.86. The van der Waals surface area contributed by atoms with Gasteiger partial charge in [0.1, 0.15) is 0 Å². The van der Waals surface area contributed by atoms with Gasteiger partial charge in [0, 0.05) is 0 Å². The summed E-state index contributed by atoms with van der Waals surface area (Å²) in [5.74, 6) is 0. The highest BCUT2D eigenvalue weighted by Gasteiger charge is 2.12. The standard InChI is InChI=1S/C36H22/c1-3-13-29-25(9-1)27-11-5-7-15-31(27)35-21-23(17-19-33(29)35)24-18-20-34-30-14-4-2-10-26(30)28-12-6-8-16-32(28)36(34)22-24/h1-22H. The highest BCUT2D eigenvalue weighted by Crippen LogP contribution is 2.39. The van der Waals surface area contributed by atoms with Gasteiger partial charge in [-0.15, -0.1) is 0 Å². The molecule has 0 unspecified atom stereocenters. The summed E-state index contributed by atoms with van der Waals surface area (Å²) in [6, 6.07) is 49.1. The molecule has 0 aliphatic carbocycles. The number of rotatable bonds is 1. The van der Waals surface area contributed by atoms with E-state index in [-0.39, 0.29) is 0 Å². The van der Waals surface area contributed by atoms with E-state index >= 15 is 0 Å².